The molecule has 0 amide bonds. The van der Waals surface area contributed by atoms with Crippen molar-refractivity contribution < 1.29 is 9.90 Å². The van der Waals surface area contributed by atoms with Crippen LogP contribution in [0.3, 0.4) is 0 Å². The highest BCUT2D eigenvalue weighted by molar-refractivity contribution is 5.71. The van der Waals surface area contributed by atoms with Crippen molar-refractivity contribution in [1.29, 1.82) is 0 Å². The van der Waals surface area contributed by atoms with Crippen LogP contribution in [-0.2, 0) is 4.79 Å². The summed E-state index contributed by atoms with van der Waals surface area (Å²) in [5.41, 5.74) is 0. The number of nitrogens with one attached hydrogen (secondary N) is 1. The molecular formula is C7H13NO2. The minimum Gasteiger partial charge on any atom is -0.481 e. The fraction of sp³-hybridized carbons (Fsp3) is 0.857. The number of carbonyl (C=O) groups is 1. The van der Waals surface area contributed by atoms with Gasteiger partial charge in [0.1, 0.15) is 0 Å². The zero-order valence-corrected chi connectivity index (χ0v) is 6.13. The van der Waals surface area contributed by atoms with Gasteiger partial charge in [0.15, 0.2) is 0 Å². The second kappa shape index (κ2) is 3.01. The van der Waals surface area contributed by atoms with Crippen molar-refractivity contribution in [2.24, 2.45) is 5.92 Å². The molecule has 3 nitrogen and oxygen atoms in total. The van der Waals surface area contributed by atoms with E-state index in [1.807, 2.05) is 7.05 Å². The standard InChI is InChI=1S/C7H13NO2/c1-8-6-4-2-3-5(6)7(9)10/h5-6,8H,2-4H2,1H3,(H,9,10)/t5-,6+/m1/s1. The Balaban J connectivity index is 2.50. The van der Waals surface area contributed by atoms with Crippen LogP contribution in [0.5, 0.6) is 0 Å². The van der Waals surface area contributed by atoms with Crippen LogP contribution in [-0.4, -0.2) is 24.2 Å². The molecule has 2 atom stereocenters. The summed E-state index contributed by atoms with van der Waals surface area (Å²) in [4.78, 5) is 10.5. The molecule has 0 spiro atoms. The van der Waals surface area contributed by atoms with Gasteiger partial charge in [0.2, 0.25) is 0 Å². The van der Waals surface area contributed by atoms with Gasteiger partial charge >= 0.3 is 5.97 Å². The van der Waals surface area contributed by atoms with E-state index in [1.165, 1.54) is 0 Å². The molecule has 0 aromatic carbocycles. The molecule has 1 aliphatic carbocycles. The number of rotatable bonds is 2. The number of carboxylic acid groups (broad SMARTS) is 1. The molecule has 58 valence electrons. The van der Waals surface area contributed by atoms with Gasteiger partial charge in [-0.05, 0) is 19.9 Å². The third-order valence-corrected chi connectivity index (χ3v) is 2.20. The Morgan fingerprint density at radius 1 is 1.60 bits per heavy atom. The van der Waals surface area contributed by atoms with E-state index in [9.17, 15) is 4.79 Å². The van der Waals surface area contributed by atoms with E-state index >= 15 is 0 Å². The van der Waals surface area contributed by atoms with Crippen molar-refractivity contribution >= 4 is 5.97 Å². The molecule has 0 saturated heterocycles. The Hall–Kier alpha value is -0.570. The Morgan fingerprint density at radius 3 is 2.70 bits per heavy atom. The fourth-order valence-corrected chi connectivity index (χ4v) is 1.60. The summed E-state index contributed by atoms with van der Waals surface area (Å²) in [6.07, 6.45) is 2.89. The molecule has 0 aromatic heterocycles. The molecule has 0 bridgehead atoms. The zero-order valence-electron chi connectivity index (χ0n) is 6.13. The molecule has 0 aliphatic heterocycles. The first-order chi connectivity index (χ1) is 4.75. The summed E-state index contributed by atoms with van der Waals surface area (Å²) < 4.78 is 0. The minimum absolute atomic E-state index is 0.148. The van der Waals surface area contributed by atoms with Gasteiger partial charge in [0.05, 0.1) is 5.92 Å². The van der Waals surface area contributed by atoms with Crippen molar-refractivity contribution in [1.82, 2.24) is 5.32 Å². The summed E-state index contributed by atoms with van der Waals surface area (Å²) in [5.74, 6) is -0.804. The third kappa shape index (κ3) is 1.29. The highest BCUT2D eigenvalue weighted by Crippen LogP contribution is 2.25. The Bertz CT molecular complexity index is 136. The smallest absolute Gasteiger partial charge is 0.308 e. The summed E-state index contributed by atoms with van der Waals surface area (Å²) in [6, 6.07) is 0.206. The topological polar surface area (TPSA) is 49.3 Å². The minimum atomic E-state index is -0.656. The maximum atomic E-state index is 10.5. The molecule has 0 radical (unpaired) electrons. The highest BCUT2D eigenvalue weighted by atomic mass is 16.4. The van der Waals surface area contributed by atoms with Crippen LogP contribution >= 0.6 is 0 Å². The van der Waals surface area contributed by atoms with E-state index < -0.39 is 5.97 Å². The fourth-order valence-electron chi connectivity index (χ4n) is 1.60. The predicted octanol–water partition coefficient (Wildman–Crippen LogP) is 0.459. The van der Waals surface area contributed by atoms with E-state index in [4.69, 9.17) is 5.11 Å². The first kappa shape index (κ1) is 7.54. The molecule has 1 rings (SSSR count). The Morgan fingerprint density at radius 2 is 2.30 bits per heavy atom. The van der Waals surface area contributed by atoms with Crippen LogP contribution < -0.4 is 5.32 Å². The van der Waals surface area contributed by atoms with Crippen LogP contribution in [0.2, 0.25) is 0 Å². The van der Waals surface area contributed by atoms with Gasteiger partial charge in [-0.1, -0.05) is 6.42 Å². The molecule has 0 unspecified atom stereocenters. The summed E-state index contributed by atoms with van der Waals surface area (Å²) in [7, 11) is 1.83. The van der Waals surface area contributed by atoms with Crippen LogP contribution in [0.4, 0.5) is 0 Å². The van der Waals surface area contributed by atoms with Crippen LogP contribution in [0.1, 0.15) is 19.3 Å². The molecule has 1 fully saturated rings. The molecule has 0 aromatic rings. The first-order valence-corrected chi connectivity index (χ1v) is 3.65. The first-order valence-electron chi connectivity index (χ1n) is 3.65. The number of aliphatic carboxylic acids is 1. The van der Waals surface area contributed by atoms with Crippen molar-refractivity contribution in [2.75, 3.05) is 7.05 Å². The average molecular weight is 143 g/mol. The lowest BCUT2D eigenvalue weighted by atomic mass is 10.1. The number of hydrogen-bond donors (Lipinski definition) is 2. The second-order valence-electron chi connectivity index (χ2n) is 2.77. The van der Waals surface area contributed by atoms with Gasteiger partial charge in [-0.3, -0.25) is 4.79 Å². The summed E-state index contributed by atoms with van der Waals surface area (Å²) >= 11 is 0. The Labute approximate surface area is 60.4 Å². The van der Waals surface area contributed by atoms with Crippen LogP contribution in [0.15, 0.2) is 0 Å². The highest BCUT2D eigenvalue weighted by Gasteiger charge is 2.31. The lowest BCUT2D eigenvalue weighted by molar-refractivity contribution is -0.142. The largest absolute Gasteiger partial charge is 0.481 e. The summed E-state index contributed by atoms with van der Waals surface area (Å²) in [6.45, 7) is 0. The van der Waals surface area contributed by atoms with E-state index in [0.29, 0.717) is 0 Å². The lowest BCUT2D eigenvalue weighted by Gasteiger charge is -2.13. The molecular weight excluding hydrogens is 130 g/mol. The van der Waals surface area contributed by atoms with Crippen LogP contribution in [0, 0.1) is 5.92 Å². The van der Waals surface area contributed by atoms with Gasteiger partial charge in [-0.15, -0.1) is 0 Å². The molecule has 10 heavy (non-hydrogen) atoms. The van der Waals surface area contributed by atoms with E-state index in [0.717, 1.165) is 19.3 Å². The lowest BCUT2D eigenvalue weighted by Crippen LogP contribution is -2.33. The van der Waals surface area contributed by atoms with Gasteiger partial charge < -0.3 is 10.4 Å². The van der Waals surface area contributed by atoms with Gasteiger partial charge in [-0.25, -0.2) is 0 Å². The van der Waals surface area contributed by atoms with E-state index in [-0.39, 0.29) is 12.0 Å². The maximum Gasteiger partial charge on any atom is 0.308 e. The van der Waals surface area contributed by atoms with Crippen molar-refractivity contribution in [2.45, 2.75) is 25.3 Å². The predicted molar refractivity (Wildman–Crippen MR) is 37.8 cm³/mol. The second-order valence-corrected chi connectivity index (χ2v) is 2.77. The molecule has 0 heterocycles. The SMILES string of the molecule is CN[C@H]1CCC[C@H]1C(=O)O. The molecule has 1 aliphatic rings. The number of carboxylic acids is 1. The van der Waals surface area contributed by atoms with Gasteiger partial charge in [-0.2, -0.15) is 0 Å². The molecule has 3 heteroatoms. The Kier molecular flexibility index (Phi) is 2.27. The number of hydrogen-bond acceptors (Lipinski definition) is 2. The maximum absolute atomic E-state index is 10.5. The average Bonchev–Trinajstić information content (AvgIpc) is 2.33. The van der Waals surface area contributed by atoms with Crippen molar-refractivity contribution in [3.63, 3.8) is 0 Å². The van der Waals surface area contributed by atoms with E-state index in [2.05, 4.69) is 5.32 Å². The monoisotopic (exact) mass is 143 g/mol. The quantitative estimate of drug-likeness (QED) is 0.590. The molecule has 1 saturated carbocycles. The van der Waals surface area contributed by atoms with Crippen LogP contribution in [0.25, 0.3) is 0 Å². The zero-order chi connectivity index (χ0) is 7.56. The van der Waals surface area contributed by atoms with E-state index in [1.54, 1.807) is 0 Å². The third-order valence-electron chi connectivity index (χ3n) is 2.20. The van der Waals surface area contributed by atoms with Gasteiger partial charge in [0, 0.05) is 6.04 Å². The van der Waals surface area contributed by atoms with Crippen molar-refractivity contribution in [3.05, 3.63) is 0 Å². The van der Waals surface area contributed by atoms with Gasteiger partial charge in [0.25, 0.3) is 0 Å². The summed E-state index contributed by atoms with van der Waals surface area (Å²) in [5, 5.41) is 11.7. The normalized spacial score (nSPS) is 32.5. The van der Waals surface area contributed by atoms with Crippen molar-refractivity contribution in [3.8, 4) is 0 Å². The molecule has 2 N–H and O–H groups in total.